The van der Waals surface area contributed by atoms with Gasteiger partial charge in [-0.1, -0.05) is 6.58 Å². The first kappa shape index (κ1) is 14.8. The van der Waals surface area contributed by atoms with E-state index in [1.807, 2.05) is 0 Å². The van der Waals surface area contributed by atoms with E-state index in [1.54, 1.807) is 6.92 Å². The van der Waals surface area contributed by atoms with Crippen LogP contribution in [0.2, 0.25) is 0 Å². The van der Waals surface area contributed by atoms with Crippen molar-refractivity contribution in [3.63, 3.8) is 0 Å². The van der Waals surface area contributed by atoms with E-state index in [0.29, 0.717) is 5.56 Å². The van der Waals surface area contributed by atoms with E-state index in [1.165, 1.54) is 25.1 Å². The molecule has 0 aliphatic rings. The molecule has 0 aliphatic heterocycles. The highest BCUT2D eigenvalue weighted by atomic mass is 16.5. The number of hydrogen-bond acceptors (Lipinski definition) is 5. The molecule has 0 saturated heterocycles. The van der Waals surface area contributed by atoms with E-state index < -0.39 is 11.9 Å². The number of aromatic hydroxyl groups is 1. The van der Waals surface area contributed by atoms with Gasteiger partial charge in [-0.2, -0.15) is 0 Å². The van der Waals surface area contributed by atoms with Crippen molar-refractivity contribution >= 4 is 11.9 Å². The number of benzene rings is 1. The summed E-state index contributed by atoms with van der Waals surface area (Å²) in [5.41, 5.74) is 0.903. The van der Waals surface area contributed by atoms with Crippen molar-refractivity contribution in [2.75, 3.05) is 6.61 Å². The van der Waals surface area contributed by atoms with E-state index in [9.17, 15) is 14.7 Å². The molecule has 0 aliphatic carbocycles. The summed E-state index contributed by atoms with van der Waals surface area (Å²) in [7, 11) is 0. The lowest BCUT2D eigenvalue weighted by atomic mass is 10.1. The molecule has 5 heteroatoms. The molecule has 0 unspecified atom stereocenters. The van der Waals surface area contributed by atoms with Gasteiger partial charge in [0.15, 0.2) is 0 Å². The number of esters is 2. The van der Waals surface area contributed by atoms with Crippen molar-refractivity contribution in [3.05, 3.63) is 41.5 Å². The zero-order chi connectivity index (χ0) is 14.4. The van der Waals surface area contributed by atoms with Crippen molar-refractivity contribution in [3.8, 4) is 5.75 Å². The minimum absolute atomic E-state index is 0.0191. The van der Waals surface area contributed by atoms with E-state index in [2.05, 4.69) is 6.58 Å². The lowest BCUT2D eigenvalue weighted by Crippen LogP contribution is -2.11. The zero-order valence-electron chi connectivity index (χ0n) is 10.9. The molecule has 0 spiro atoms. The SMILES string of the molecule is C=C(C)C(=O)OCc1cc(O)ccc1C(=O)OCC. The second-order valence-electron chi connectivity index (χ2n) is 3.92. The normalized spacial score (nSPS) is 9.79. The first-order valence-electron chi connectivity index (χ1n) is 5.77. The summed E-state index contributed by atoms with van der Waals surface area (Å²) < 4.78 is 9.84. The Kier molecular flexibility index (Phi) is 5.11. The first-order valence-corrected chi connectivity index (χ1v) is 5.77. The molecule has 0 bridgehead atoms. The summed E-state index contributed by atoms with van der Waals surface area (Å²) in [4.78, 5) is 23.0. The Morgan fingerprint density at radius 1 is 1.32 bits per heavy atom. The topological polar surface area (TPSA) is 72.8 Å². The fourth-order valence-electron chi connectivity index (χ4n) is 1.37. The second kappa shape index (κ2) is 6.58. The molecule has 0 aromatic heterocycles. The maximum Gasteiger partial charge on any atom is 0.338 e. The average molecular weight is 264 g/mol. The summed E-state index contributed by atoms with van der Waals surface area (Å²) >= 11 is 0. The Balaban J connectivity index is 2.91. The smallest absolute Gasteiger partial charge is 0.338 e. The molecule has 0 radical (unpaired) electrons. The molecule has 102 valence electrons. The van der Waals surface area contributed by atoms with Crippen molar-refractivity contribution in [2.24, 2.45) is 0 Å². The van der Waals surface area contributed by atoms with Gasteiger partial charge in [-0.3, -0.25) is 0 Å². The molecular formula is C14H16O5. The third-order valence-electron chi connectivity index (χ3n) is 2.29. The van der Waals surface area contributed by atoms with Crippen molar-refractivity contribution in [1.29, 1.82) is 0 Å². The number of phenols is 1. The average Bonchev–Trinajstić information content (AvgIpc) is 2.36. The van der Waals surface area contributed by atoms with Crippen molar-refractivity contribution < 1.29 is 24.2 Å². The van der Waals surface area contributed by atoms with Gasteiger partial charge in [-0.05, 0) is 32.0 Å². The standard InChI is InChI=1S/C14H16O5/c1-4-18-14(17)12-6-5-11(15)7-10(12)8-19-13(16)9(2)3/h5-7,15H,2,4,8H2,1,3H3. The summed E-state index contributed by atoms with van der Waals surface area (Å²) in [6.07, 6.45) is 0. The Labute approximate surface area is 111 Å². The van der Waals surface area contributed by atoms with Gasteiger partial charge >= 0.3 is 11.9 Å². The predicted molar refractivity (Wildman–Crippen MR) is 68.7 cm³/mol. The van der Waals surface area contributed by atoms with Crippen molar-refractivity contribution in [2.45, 2.75) is 20.5 Å². The van der Waals surface area contributed by atoms with E-state index in [0.717, 1.165) is 0 Å². The van der Waals surface area contributed by atoms with Gasteiger partial charge in [0.25, 0.3) is 0 Å². The Bertz CT molecular complexity index is 505. The molecule has 5 nitrogen and oxygen atoms in total. The molecule has 1 rings (SSSR count). The largest absolute Gasteiger partial charge is 0.508 e. The monoisotopic (exact) mass is 264 g/mol. The third kappa shape index (κ3) is 4.13. The minimum Gasteiger partial charge on any atom is -0.508 e. The van der Waals surface area contributed by atoms with Gasteiger partial charge in [0.1, 0.15) is 12.4 Å². The highest BCUT2D eigenvalue weighted by Gasteiger charge is 2.15. The summed E-state index contributed by atoms with van der Waals surface area (Å²) in [5.74, 6) is -1.10. The van der Waals surface area contributed by atoms with Gasteiger partial charge in [-0.15, -0.1) is 0 Å². The van der Waals surface area contributed by atoms with Gasteiger partial charge < -0.3 is 14.6 Å². The molecule has 19 heavy (non-hydrogen) atoms. The molecule has 0 saturated carbocycles. The fourth-order valence-corrected chi connectivity index (χ4v) is 1.37. The van der Waals surface area contributed by atoms with Crippen LogP contribution in [0.5, 0.6) is 5.75 Å². The Morgan fingerprint density at radius 2 is 2.00 bits per heavy atom. The fraction of sp³-hybridized carbons (Fsp3) is 0.286. The molecule has 1 aromatic carbocycles. The number of carbonyl (C=O) groups is 2. The van der Waals surface area contributed by atoms with Gasteiger partial charge in [0.2, 0.25) is 0 Å². The number of rotatable bonds is 5. The minimum atomic E-state index is -0.557. The second-order valence-corrected chi connectivity index (χ2v) is 3.92. The van der Waals surface area contributed by atoms with Crippen LogP contribution in [0.25, 0.3) is 0 Å². The number of hydrogen-bond donors (Lipinski definition) is 1. The van der Waals surface area contributed by atoms with Gasteiger partial charge in [0, 0.05) is 11.1 Å². The summed E-state index contributed by atoms with van der Waals surface area (Å²) in [6.45, 7) is 6.78. The lowest BCUT2D eigenvalue weighted by molar-refractivity contribution is -0.140. The maximum atomic E-state index is 11.7. The highest BCUT2D eigenvalue weighted by Crippen LogP contribution is 2.19. The quantitative estimate of drug-likeness (QED) is 0.652. The Hall–Kier alpha value is -2.30. The van der Waals surface area contributed by atoms with Crippen LogP contribution in [0.4, 0.5) is 0 Å². The highest BCUT2D eigenvalue weighted by molar-refractivity contribution is 5.91. The first-order chi connectivity index (χ1) is 8.95. The van der Waals surface area contributed by atoms with Gasteiger partial charge in [0.05, 0.1) is 12.2 Å². The van der Waals surface area contributed by atoms with Gasteiger partial charge in [-0.25, -0.2) is 9.59 Å². The third-order valence-corrected chi connectivity index (χ3v) is 2.29. The van der Waals surface area contributed by atoms with E-state index >= 15 is 0 Å². The Morgan fingerprint density at radius 3 is 2.58 bits per heavy atom. The molecule has 0 atom stereocenters. The number of carbonyl (C=O) groups excluding carboxylic acids is 2. The zero-order valence-corrected chi connectivity index (χ0v) is 10.9. The van der Waals surface area contributed by atoms with Crippen LogP contribution in [0, 0.1) is 0 Å². The predicted octanol–water partition coefficient (Wildman–Crippen LogP) is 2.19. The molecule has 1 aromatic rings. The van der Waals surface area contributed by atoms with E-state index in [4.69, 9.17) is 9.47 Å². The van der Waals surface area contributed by atoms with Crippen LogP contribution in [0.1, 0.15) is 29.8 Å². The van der Waals surface area contributed by atoms with Crippen LogP contribution < -0.4 is 0 Å². The van der Waals surface area contributed by atoms with Crippen LogP contribution >= 0.6 is 0 Å². The van der Waals surface area contributed by atoms with Crippen molar-refractivity contribution in [1.82, 2.24) is 0 Å². The summed E-state index contributed by atoms with van der Waals surface area (Å²) in [5, 5.41) is 9.41. The maximum absolute atomic E-state index is 11.7. The van der Waals surface area contributed by atoms with Crippen LogP contribution in [0.3, 0.4) is 0 Å². The number of ether oxygens (including phenoxy) is 2. The van der Waals surface area contributed by atoms with Crippen LogP contribution in [-0.4, -0.2) is 23.7 Å². The summed E-state index contributed by atoms with van der Waals surface area (Å²) in [6, 6.07) is 4.16. The molecule has 1 N–H and O–H groups in total. The molecule has 0 heterocycles. The molecule has 0 fully saturated rings. The van der Waals surface area contributed by atoms with E-state index in [-0.39, 0.29) is 30.1 Å². The van der Waals surface area contributed by atoms with Crippen LogP contribution in [-0.2, 0) is 20.9 Å². The van der Waals surface area contributed by atoms with Crippen LogP contribution in [0.15, 0.2) is 30.4 Å². The molecular weight excluding hydrogens is 248 g/mol. The molecule has 0 amide bonds. The lowest BCUT2D eigenvalue weighted by Gasteiger charge is -2.10. The number of phenolic OH excluding ortho intramolecular Hbond substituents is 1.